The average Bonchev–Trinajstić information content (AvgIpc) is 1.97. The van der Waals surface area contributed by atoms with Crippen molar-refractivity contribution in [3.63, 3.8) is 0 Å². The van der Waals surface area contributed by atoms with Crippen LogP contribution in [0, 0.1) is 0 Å². The molecule has 0 saturated carbocycles. The lowest BCUT2D eigenvalue weighted by Crippen LogP contribution is -2.04. The van der Waals surface area contributed by atoms with Gasteiger partial charge in [0.25, 0.3) is 0 Å². The first-order valence-electron chi connectivity index (χ1n) is 3.39. The van der Waals surface area contributed by atoms with Gasteiger partial charge in [-0.1, -0.05) is 15.9 Å². The van der Waals surface area contributed by atoms with E-state index in [-0.39, 0.29) is 10.8 Å². The topological polar surface area (TPSA) is 43.4 Å². The van der Waals surface area contributed by atoms with Gasteiger partial charge in [0.05, 0.1) is 11.4 Å². The van der Waals surface area contributed by atoms with E-state index in [0.29, 0.717) is 19.4 Å². The molecule has 0 amide bonds. The number of alkyl halides is 1. The summed E-state index contributed by atoms with van der Waals surface area (Å²) in [6.45, 7) is 1.76. The van der Waals surface area contributed by atoms with Gasteiger partial charge in [0.1, 0.15) is 6.29 Å². The molecule has 0 aromatic rings. The molecule has 0 saturated heterocycles. The number of carbonyl (C=O) groups is 2. The van der Waals surface area contributed by atoms with E-state index in [9.17, 15) is 9.59 Å². The minimum Gasteiger partial charge on any atom is -0.466 e. The van der Waals surface area contributed by atoms with Crippen molar-refractivity contribution in [1.29, 1.82) is 0 Å². The highest BCUT2D eigenvalue weighted by Gasteiger charge is 2.00. The molecule has 11 heavy (non-hydrogen) atoms. The van der Waals surface area contributed by atoms with Crippen LogP contribution in [0.15, 0.2) is 0 Å². The molecule has 4 heteroatoms. The monoisotopic (exact) mass is 222 g/mol. The molecular formula is C7H11BrO3. The lowest BCUT2D eigenvalue weighted by Gasteiger charge is -2.01. The van der Waals surface area contributed by atoms with Crippen molar-refractivity contribution in [1.82, 2.24) is 0 Å². The molecule has 0 aliphatic heterocycles. The maximum Gasteiger partial charge on any atom is 0.302 e. The highest BCUT2D eigenvalue weighted by Crippen LogP contribution is 2.04. The molecule has 0 fully saturated rings. The van der Waals surface area contributed by atoms with Gasteiger partial charge in [0.2, 0.25) is 0 Å². The van der Waals surface area contributed by atoms with Crippen LogP contribution in [-0.2, 0) is 14.3 Å². The maximum absolute atomic E-state index is 10.3. The summed E-state index contributed by atoms with van der Waals surface area (Å²) >= 11 is 3.14. The molecule has 0 aromatic heterocycles. The molecule has 0 heterocycles. The first kappa shape index (κ1) is 10.6. The molecule has 0 spiro atoms. The molecule has 0 aliphatic rings. The fourth-order valence-electron chi connectivity index (χ4n) is 0.562. The van der Waals surface area contributed by atoms with Gasteiger partial charge < -0.3 is 9.53 Å². The Morgan fingerprint density at radius 3 is 2.82 bits per heavy atom. The Kier molecular flexibility index (Phi) is 6.12. The Morgan fingerprint density at radius 2 is 2.36 bits per heavy atom. The van der Waals surface area contributed by atoms with Gasteiger partial charge in [-0.15, -0.1) is 0 Å². The van der Waals surface area contributed by atoms with Crippen molar-refractivity contribution in [2.24, 2.45) is 0 Å². The Bertz CT molecular complexity index is 136. The molecule has 1 atom stereocenters. The van der Waals surface area contributed by atoms with Gasteiger partial charge >= 0.3 is 5.97 Å². The summed E-state index contributed by atoms with van der Waals surface area (Å²) in [6, 6.07) is 0. The summed E-state index contributed by atoms with van der Waals surface area (Å²) in [5.74, 6) is -0.276. The van der Waals surface area contributed by atoms with Crippen LogP contribution in [0.25, 0.3) is 0 Å². The van der Waals surface area contributed by atoms with Crippen LogP contribution in [0.2, 0.25) is 0 Å². The Labute approximate surface area is 74.2 Å². The van der Waals surface area contributed by atoms with Crippen LogP contribution in [0.4, 0.5) is 0 Å². The second-order valence-corrected chi connectivity index (χ2v) is 3.31. The SMILES string of the molecule is CC(=O)OCCC[C@@H](Br)C=O. The van der Waals surface area contributed by atoms with E-state index in [2.05, 4.69) is 20.7 Å². The fraction of sp³-hybridized carbons (Fsp3) is 0.714. The van der Waals surface area contributed by atoms with E-state index < -0.39 is 0 Å². The zero-order chi connectivity index (χ0) is 8.69. The fourth-order valence-corrected chi connectivity index (χ4v) is 0.886. The first-order valence-corrected chi connectivity index (χ1v) is 4.31. The number of halogens is 1. The van der Waals surface area contributed by atoms with Gasteiger partial charge in [0, 0.05) is 6.92 Å². The minimum absolute atomic E-state index is 0.113. The Hall–Kier alpha value is -0.380. The second-order valence-electron chi connectivity index (χ2n) is 2.13. The van der Waals surface area contributed by atoms with Gasteiger partial charge in [-0.25, -0.2) is 0 Å². The third-order valence-corrected chi connectivity index (χ3v) is 1.75. The molecule has 0 N–H and O–H groups in total. The van der Waals surface area contributed by atoms with Crippen molar-refractivity contribution in [3.8, 4) is 0 Å². The molecule has 0 radical (unpaired) electrons. The lowest BCUT2D eigenvalue weighted by atomic mass is 10.2. The van der Waals surface area contributed by atoms with Crippen molar-refractivity contribution in [2.75, 3.05) is 6.61 Å². The van der Waals surface area contributed by atoms with Crippen molar-refractivity contribution in [3.05, 3.63) is 0 Å². The Morgan fingerprint density at radius 1 is 1.73 bits per heavy atom. The summed E-state index contributed by atoms with van der Waals surface area (Å²) in [4.78, 5) is 20.2. The smallest absolute Gasteiger partial charge is 0.302 e. The summed E-state index contributed by atoms with van der Waals surface area (Å²) in [5.41, 5.74) is 0. The highest BCUT2D eigenvalue weighted by atomic mass is 79.9. The predicted octanol–water partition coefficient (Wildman–Crippen LogP) is 1.29. The van der Waals surface area contributed by atoms with Crippen molar-refractivity contribution < 1.29 is 14.3 Å². The Balaban J connectivity index is 3.14. The molecule has 0 aliphatic carbocycles. The van der Waals surface area contributed by atoms with Crippen LogP contribution in [0.5, 0.6) is 0 Å². The number of ether oxygens (including phenoxy) is 1. The normalized spacial score (nSPS) is 12.2. The average molecular weight is 223 g/mol. The van der Waals surface area contributed by atoms with E-state index in [1.54, 1.807) is 0 Å². The van der Waals surface area contributed by atoms with Crippen LogP contribution in [-0.4, -0.2) is 23.7 Å². The van der Waals surface area contributed by atoms with Crippen LogP contribution >= 0.6 is 15.9 Å². The van der Waals surface area contributed by atoms with E-state index in [1.165, 1.54) is 6.92 Å². The van der Waals surface area contributed by atoms with Gasteiger partial charge in [0.15, 0.2) is 0 Å². The van der Waals surface area contributed by atoms with Crippen molar-refractivity contribution >= 4 is 28.2 Å². The number of hydrogen-bond acceptors (Lipinski definition) is 3. The van der Waals surface area contributed by atoms with Gasteiger partial charge in [-0.05, 0) is 12.8 Å². The molecule has 0 aromatic carbocycles. The third-order valence-electron chi connectivity index (χ3n) is 1.08. The third kappa shape index (κ3) is 7.52. The lowest BCUT2D eigenvalue weighted by molar-refractivity contribution is -0.141. The number of rotatable bonds is 5. The number of carbonyl (C=O) groups excluding carboxylic acids is 2. The van der Waals surface area contributed by atoms with Crippen LogP contribution in [0.3, 0.4) is 0 Å². The quantitative estimate of drug-likeness (QED) is 0.305. The summed E-state index contributed by atoms with van der Waals surface area (Å²) in [5, 5.41) is 0. The number of esters is 1. The summed E-state index contributed by atoms with van der Waals surface area (Å²) < 4.78 is 4.66. The highest BCUT2D eigenvalue weighted by molar-refractivity contribution is 9.09. The minimum atomic E-state index is -0.276. The van der Waals surface area contributed by atoms with Gasteiger partial charge in [-0.3, -0.25) is 4.79 Å². The van der Waals surface area contributed by atoms with Crippen LogP contribution in [0.1, 0.15) is 19.8 Å². The second kappa shape index (κ2) is 6.34. The number of hydrogen-bond donors (Lipinski definition) is 0. The molecule has 0 bridgehead atoms. The maximum atomic E-state index is 10.3. The van der Waals surface area contributed by atoms with Crippen molar-refractivity contribution in [2.45, 2.75) is 24.6 Å². The molecule has 3 nitrogen and oxygen atoms in total. The molecule has 0 unspecified atom stereocenters. The summed E-state index contributed by atoms with van der Waals surface area (Å²) in [6.07, 6.45) is 2.25. The standard InChI is InChI=1S/C7H11BrO3/c1-6(10)11-4-2-3-7(8)5-9/h5,7H,2-4H2,1H3/t7-/m1/s1. The molecule has 0 rings (SSSR count). The van der Waals surface area contributed by atoms with E-state index >= 15 is 0 Å². The molecule has 64 valence electrons. The van der Waals surface area contributed by atoms with E-state index in [1.807, 2.05) is 0 Å². The van der Waals surface area contributed by atoms with Crippen LogP contribution < -0.4 is 0 Å². The summed E-state index contributed by atoms with van der Waals surface area (Å²) in [7, 11) is 0. The molecular weight excluding hydrogens is 212 g/mol. The van der Waals surface area contributed by atoms with E-state index in [4.69, 9.17) is 0 Å². The predicted molar refractivity (Wildman–Crippen MR) is 44.6 cm³/mol. The first-order chi connectivity index (χ1) is 5.16. The van der Waals surface area contributed by atoms with Gasteiger partial charge in [-0.2, -0.15) is 0 Å². The zero-order valence-corrected chi connectivity index (χ0v) is 7.96. The van der Waals surface area contributed by atoms with E-state index in [0.717, 1.165) is 6.29 Å². The number of aldehydes is 1. The zero-order valence-electron chi connectivity index (χ0n) is 6.38. The largest absolute Gasteiger partial charge is 0.466 e.